The molecule has 1 unspecified atom stereocenters. The summed E-state index contributed by atoms with van der Waals surface area (Å²) in [6.07, 6.45) is 0.0649. The molecule has 27 heavy (non-hydrogen) atoms. The summed E-state index contributed by atoms with van der Waals surface area (Å²) in [6.45, 7) is 3.10. The molecule has 0 bridgehead atoms. The number of aromatic nitrogens is 3. The summed E-state index contributed by atoms with van der Waals surface area (Å²) in [6, 6.07) is 15.5. The van der Waals surface area contributed by atoms with Crippen molar-refractivity contribution in [3.8, 4) is 5.69 Å². The Hall–Kier alpha value is -1.92. The summed E-state index contributed by atoms with van der Waals surface area (Å²) in [5.74, 6) is 1.29. The highest BCUT2D eigenvalue weighted by atomic mass is 35.5. The molecule has 1 atom stereocenters. The van der Waals surface area contributed by atoms with Crippen LogP contribution in [-0.2, 0) is 6.42 Å². The first-order chi connectivity index (χ1) is 13.0. The molecule has 7 heteroatoms. The minimum Gasteiger partial charge on any atom is -0.384 e. The molecule has 3 rings (SSSR count). The maximum Gasteiger partial charge on any atom is 0.167 e. The van der Waals surface area contributed by atoms with Crippen molar-refractivity contribution in [1.82, 2.24) is 19.7 Å². The highest BCUT2D eigenvalue weighted by Crippen LogP contribution is 2.23. The van der Waals surface area contributed by atoms with Gasteiger partial charge in [-0.1, -0.05) is 47.5 Å². The van der Waals surface area contributed by atoms with Crippen molar-refractivity contribution < 1.29 is 5.11 Å². The van der Waals surface area contributed by atoms with Gasteiger partial charge in [0.2, 0.25) is 0 Å². The van der Waals surface area contributed by atoms with Crippen LogP contribution >= 0.6 is 23.2 Å². The van der Waals surface area contributed by atoms with Gasteiger partial charge in [-0.15, -0.1) is 10.2 Å². The molecule has 0 radical (unpaired) electrons. The summed E-state index contributed by atoms with van der Waals surface area (Å²) < 4.78 is 1.89. The molecular weight excluding hydrogens is 383 g/mol. The standard InChI is InChI=1S/C20H22Cl2N4O/c1-14-23-24-20(26(14)16-6-4-3-5-7-16)19(27)13-25(2)11-10-15-8-9-17(21)18(22)12-15/h3-9,12,19,27H,10-11,13H2,1-2H3. The third kappa shape index (κ3) is 4.87. The zero-order valence-electron chi connectivity index (χ0n) is 15.3. The number of para-hydroxylation sites is 1. The van der Waals surface area contributed by atoms with Crippen LogP contribution in [0.5, 0.6) is 0 Å². The number of benzene rings is 2. The second kappa shape index (κ2) is 8.85. The van der Waals surface area contributed by atoms with Crippen LogP contribution in [0.3, 0.4) is 0 Å². The molecule has 0 amide bonds. The number of aryl methyl sites for hydroxylation is 1. The third-order valence-electron chi connectivity index (χ3n) is 4.41. The Kier molecular flexibility index (Phi) is 6.50. The van der Waals surface area contributed by atoms with Gasteiger partial charge >= 0.3 is 0 Å². The van der Waals surface area contributed by atoms with Crippen molar-refractivity contribution in [3.63, 3.8) is 0 Å². The van der Waals surface area contributed by atoms with Crippen molar-refractivity contribution in [2.75, 3.05) is 20.1 Å². The van der Waals surface area contributed by atoms with E-state index in [0.29, 0.717) is 22.4 Å². The third-order valence-corrected chi connectivity index (χ3v) is 5.15. The van der Waals surface area contributed by atoms with Crippen LogP contribution in [0.25, 0.3) is 5.69 Å². The van der Waals surface area contributed by atoms with E-state index in [9.17, 15) is 5.11 Å². The van der Waals surface area contributed by atoms with Gasteiger partial charge in [0.05, 0.1) is 10.0 Å². The average molecular weight is 405 g/mol. The van der Waals surface area contributed by atoms with E-state index in [1.807, 2.05) is 61.0 Å². The van der Waals surface area contributed by atoms with E-state index in [1.54, 1.807) is 6.07 Å². The SMILES string of the molecule is Cc1nnc(C(O)CN(C)CCc2ccc(Cl)c(Cl)c2)n1-c1ccccc1. The molecule has 0 aliphatic heterocycles. The van der Waals surface area contributed by atoms with Gasteiger partial charge in [0.15, 0.2) is 5.82 Å². The smallest absolute Gasteiger partial charge is 0.167 e. The number of hydrogen-bond acceptors (Lipinski definition) is 4. The van der Waals surface area contributed by atoms with Crippen molar-refractivity contribution in [2.45, 2.75) is 19.4 Å². The Morgan fingerprint density at radius 2 is 1.81 bits per heavy atom. The minimum absolute atomic E-state index is 0.451. The first kappa shape index (κ1) is 19.8. The average Bonchev–Trinajstić information content (AvgIpc) is 3.05. The molecule has 1 aromatic heterocycles. The molecular formula is C20H22Cl2N4O. The van der Waals surface area contributed by atoms with Crippen molar-refractivity contribution in [2.24, 2.45) is 0 Å². The fourth-order valence-corrected chi connectivity index (χ4v) is 3.29. The molecule has 3 aromatic rings. The lowest BCUT2D eigenvalue weighted by atomic mass is 10.1. The fraction of sp³-hybridized carbons (Fsp3) is 0.300. The number of likely N-dealkylation sites (N-methyl/N-ethyl adjacent to an activating group) is 1. The zero-order chi connectivity index (χ0) is 19.4. The zero-order valence-corrected chi connectivity index (χ0v) is 16.8. The number of rotatable bonds is 7. The van der Waals surface area contributed by atoms with Gasteiger partial charge < -0.3 is 10.0 Å². The largest absolute Gasteiger partial charge is 0.384 e. The van der Waals surface area contributed by atoms with Gasteiger partial charge in [-0.3, -0.25) is 4.57 Å². The number of aliphatic hydroxyl groups excluding tert-OH is 1. The van der Waals surface area contributed by atoms with Crippen LogP contribution in [-0.4, -0.2) is 44.9 Å². The molecule has 1 heterocycles. The second-order valence-corrected chi connectivity index (χ2v) is 7.37. The Morgan fingerprint density at radius 3 is 2.52 bits per heavy atom. The maximum absolute atomic E-state index is 10.7. The van der Waals surface area contributed by atoms with Gasteiger partial charge in [0.1, 0.15) is 11.9 Å². The first-order valence-electron chi connectivity index (χ1n) is 8.73. The van der Waals surface area contributed by atoms with Gasteiger partial charge in [0, 0.05) is 18.8 Å². The van der Waals surface area contributed by atoms with E-state index in [0.717, 1.165) is 30.0 Å². The fourth-order valence-electron chi connectivity index (χ4n) is 2.97. The van der Waals surface area contributed by atoms with Crippen LogP contribution in [0.2, 0.25) is 10.0 Å². The second-order valence-electron chi connectivity index (χ2n) is 6.55. The van der Waals surface area contributed by atoms with Crippen LogP contribution in [0, 0.1) is 6.92 Å². The van der Waals surface area contributed by atoms with E-state index >= 15 is 0 Å². The lowest BCUT2D eigenvalue weighted by molar-refractivity contribution is 0.118. The van der Waals surface area contributed by atoms with Crippen molar-refractivity contribution >= 4 is 23.2 Å². The minimum atomic E-state index is -0.745. The molecule has 0 fully saturated rings. The molecule has 142 valence electrons. The number of hydrogen-bond donors (Lipinski definition) is 1. The molecule has 2 aromatic carbocycles. The summed E-state index contributed by atoms with van der Waals surface area (Å²) in [5.41, 5.74) is 2.04. The van der Waals surface area contributed by atoms with Gasteiger partial charge in [-0.25, -0.2) is 0 Å². The number of nitrogens with zero attached hydrogens (tertiary/aromatic N) is 4. The molecule has 0 saturated carbocycles. The Bertz CT molecular complexity index is 898. The Labute approximate surface area is 169 Å². The van der Waals surface area contributed by atoms with Gasteiger partial charge in [0.25, 0.3) is 0 Å². The van der Waals surface area contributed by atoms with Crippen LogP contribution in [0.15, 0.2) is 48.5 Å². The Morgan fingerprint density at radius 1 is 1.07 bits per heavy atom. The van der Waals surface area contributed by atoms with Crippen LogP contribution in [0.4, 0.5) is 0 Å². The predicted octanol–water partition coefficient (Wildman–Crippen LogP) is 4.09. The van der Waals surface area contributed by atoms with E-state index in [-0.39, 0.29) is 0 Å². The summed E-state index contributed by atoms with van der Waals surface area (Å²) >= 11 is 12.0. The van der Waals surface area contributed by atoms with Crippen LogP contribution in [0.1, 0.15) is 23.3 Å². The summed E-state index contributed by atoms with van der Waals surface area (Å²) in [4.78, 5) is 2.06. The highest BCUT2D eigenvalue weighted by Gasteiger charge is 2.20. The number of halogens is 2. The lowest BCUT2D eigenvalue weighted by Gasteiger charge is -2.21. The molecule has 1 N–H and O–H groups in total. The van der Waals surface area contributed by atoms with Gasteiger partial charge in [-0.2, -0.15) is 0 Å². The highest BCUT2D eigenvalue weighted by molar-refractivity contribution is 6.42. The van der Waals surface area contributed by atoms with Crippen LogP contribution < -0.4 is 0 Å². The molecule has 0 aliphatic carbocycles. The maximum atomic E-state index is 10.7. The predicted molar refractivity (Wildman–Crippen MR) is 109 cm³/mol. The lowest BCUT2D eigenvalue weighted by Crippen LogP contribution is -2.28. The molecule has 0 saturated heterocycles. The van der Waals surface area contributed by atoms with E-state index < -0.39 is 6.10 Å². The monoisotopic (exact) mass is 404 g/mol. The van der Waals surface area contributed by atoms with Gasteiger partial charge in [-0.05, 0) is 50.2 Å². The molecule has 0 spiro atoms. The Balaban J connectivity index is 1.65. The normalized spacial score (nSPS) is 12.5. The van der Waals surface area contributed by atoms with Crippen molar-refractivity contribution in [3.05, 3.63) is 75.8 Å². The van der Waals surface area contributed by atoms with Crippen molar-refractivity contribution in [1.29, 1.82) is 0 Å². The van der Waals surface area contributed by atoms with E-state index in [2.05, 4.69) is 15.1 Å². The van der Waals surface area contributed by atoms with E-state index in [1.165, 1.54) is 0 Å². The number of aliphatic hydroxyl groups is 1. The molecule has 0 aliphatic rings. The quantitative estimate of drug-likeness (QED) is 0.644. The summed E-state index contributed by atoms with van der Waals surface area (Å²) in [7, 11) is 1.97. The topological polar surface area (TPSA) is 54.2 Å². The van der Waals surface area contributed by atoms with E-state index in [4.69, 9.17) is 23.2 Å². The molecule has 5 nitrogen and oxygen atoms in total. The first-order valence-corrected chi connectivity index (χ1v) is 9.49. The summed E-state index contributed by atoms with van der Waals surface area (Å²) in [5, 5.41) is 20.2.